The molecular formula is C19H24N4O4S2. The Morgan fingerprint density at radius 3 is 2.90 bits per heavy atom. The quantitative estimate of drug-likeness (QED) is 0.501. The largest absolute Gasteiger partial charge is 0.465 e. The van der Waals surface area contributed by atoms with Gasteiger partial charge in [0.05, 0.1) is 31.1 Å². The zero-order valence-corrected chi connectivity index (χ0v) is 18.1. The first kappa shape index (κ1) is 20.4. The van der Waals surface area contributed by atoms with Gasteiger partial charge in [-0.1, -0.05) is 11.8 Å². The van der Waals surface area contributed by atoms with Crippen LogP contribution in [0.3, 0.4) is 0 Å². The number of amides is 1. The lowest BCUT2D eigenvalue weighted by Crippen LogP contribution is -2.19. The van der Waals surface area contributed by atoms with Gasteiger partial charge in [-0.15, -0.1) is 21.5 Å². The van der Waals surface area contributed by atoms with Crippen molar-refractivity contribution in [2.24, 2.45) is 0 Å². The van der Waals surface area contributed by atoms with Crippen LogP contribution in [0.25, 0.3) is 0 Å². The Balaban J connectivity index is 1.41. The number of methoxy groups -OCH3 is 1. The first-order chi connectivity index (χ1) is 14.0. The van der Waals surface area contributed by atoms with E-state index in [9.17, 15) is 9.59 Å². The molecule has 1 saturated carbocycles. The molecule has 0 aromatic carbocycles. The van der Waals surface area contributed by atoms with E-state index in [4.69, 9.17) is 9.47 Å². The van der Waals surface area contributed by atoms with Crippen LogP contribution in [-0.2, 0) is 20.8 Å². The second-order valence-corrected chi connectivity index (χ2v) is 9.49. The van der Waals surface area contributed by atoms with E-state index in [1.54, 1.807) is 6.07 Å². The van der Waals surface area contributed by atoms with Crippen molar-refractivity contribution in [2.45, 2.75) is 56.3 Å². The van der Waals surface area contributed by atoms with Crippen molar-refractivity contribution in [2.75, 3.05) is 24.8 Å². The summed E-state index contributed by atoms with van der Waals surface area (Å²) in [5.74, 6) is 1.02. The SMILES string of the molecule is COC(=O)c1cc(C)sc1NC(=O)CSc1nnc(C2CC2)n1CC1CCCO1. The van der Waals surface area contributed by atoms with Gasteiger partial charge >= 0.3 is 5.97 Å². The van der Waals surface area contributed by atoms with Crippen LogP contribution < -0.4 is 5.32 Å². The summed E-state index contributed by atoms with van der Waals surface area (Å²) in [5.41, 5.74) is 0.380. The van der Waals surface area contributed by atoms with E-state index in [-0.39, 0.29) is 17.8 Å². The second kappa shape index (κ2) is 8.85. The van der Waals surface area contributed by atoms with Gasteiger partial charge in [-0.2, -0.15) is 0 Å². The molecule has 29 heavy (non-hydrogen) atoms. The minimum absolute atomic E-state index is 0.186. The average Bonchev–Trinajstić information content (AvgIpc) is 3.10. The molecule has 0 bridgehead atoms. The Kier molecular flexibility index (Phi) is 6.21. The molecule has 8 nitrogen and oxygen atoms in total. The van der Waals surface area contributed by atoms with Crippen LogP contribution in [0.4, 0.5) is 5.00 Å². The van der Waals surface area contributed by atoms with Gasteiger partial charge in [-0.05, 0) is 38.7 Å². The van der Waals surface area contributed by atoms with Gasteiger partial charge in [0, 0.05) is 17.4 Å². The molecule has 1 atom stereocenters. The molecular weight excluding hydrogens is 412 g/mol. The summed E-state index contributed by atoms with van der Waals surface area (Å²) in [5, 5.41) is 12.8. The number of aromatic nitrogens is 3. The summed E-state index contributed by atoms with van der Waals surface area (Å²) < 4.78 is 12.7. The van der Waals surface area contributed by atoms with Crippen molar-refractivity contribution in [1.29, 1.82) is 0 Å². The number of thioether (sulfide) groups is 1. The number of thiophene rings is 1. The highest BCUT2D eigenvalue weighted by atomic mass is 32.2. The highest BCUT2D eigenvalue weighted by Crippen LogP contribution is 2.40. The van der Waals surface area contributed by atoms with Crippen LogP contribution in [0.1, 0.15) is 52.7 Å². The number of anilines is 1. The third-order valence-electron chi connectivity index (χ3n) is 4.94. The molecule has 2 aromatic rings. The van der Waals surface area contributed by atoms with Crippen molar-refractivity contribution < 1.29 is 19.1 Å². The lowest BCUT2D eigenvalue weighted by atomic mass is 10.2. The fraction of sp³-hybridized carbons (Fsp3) is 0.579. The van der Waals surface area contributed by atoms with Gasteiger partial charge in [-0.25, -0.2) is 4.79 Å². The lowest BCUT2D eigenvalue weighted by molar-refractivity contribution is -0.113. The number of esters is 1. The van der Waals surface area contributed by atoms with E-state index in [1.807, 2.05) is 6.92 Å². The molecule has 1 aliphatic heterocycles. The number of carbonyl (C=O) groups excluding carboxylic acids is 2. The van der Waals surface area contributed by atoms with Gasteiger partial charge in [0.15, 0.2) is 5.16 Å². The molecule has 1 amide bonds. The van der Waals surface area contributed by atoms with Crippen LogP contribution >= 0.6 is 23.1 Å². The van der Waals surface area contributed by atoms with Crippen molar-refractivity contribution >= 4 is 40.0 Å². The maximum absolute atomic E-state index is 12.5. The molecule has 2 aliphatic rings. The molecule has 156 valence electrons. The molecule has 1 N–H and O–H groups in total. The third-order valence-corrected chi connectivity index (χ3v) is 6.88. The summed E-state index contributed by atoms with van der Waals surface area (Å²) in [6, 6.07) is 1.72. The molecule has 1 saturated heterocycles. The van der Waals surface area contributed by atoms with E-state index in [2.05, 4.69) is 20.1 Å². The molecule has 1 aliphatic carbocycles. The number of hydrogen-bond acceptors (Lipinski definition) is 8. The van der Waals surface area contributed by atoms with Gasteiger partial charge in [0.2, 0.25) is 5.91 Å². The number of carbonyl (C=O) groups is 2. The first-order valence-corrected chi connectivity index (χ1v) is 11.5. The first-order valence-electron chi connectivity index (χ1n) is 9.71. The fourth-order valence-electron chi connectivity index (χ4n) is 3.38. The molecule has 2 fully saturated rings. The van der Waals surface area contributed by atoms with Crippen LogP contribution in [0.2, 0.25) is 0 Å². The summed E-state index contributed by atoms with van der Waals surface area (Å²) in [7, 11) is 1.33. The minimum atomic E-state index is -0.456. The number of nitrogens with zero attached hydrogens (tertiary/aromatic N) is 3. The molecule has 0 radical (unpaired) electrons. The van der Waals surface area contributed by atoms with Crippen LogP contribution in [0.15, 0.2) is 11.2 Å². The summed E-state index contributed by atoms with van der Waals surface area (Å²) in [6.45, 7) is 3.42. The number of hydrogen-bond donors (Lipinski definition) is 1. The lowest BCUT2D eigenvalue weighted by Gasteiger charge is -2.14. The molecule has 10 heteroatoms. The van der Waals surface area contributed by atoms with Gasteiger partial charge in [0.25, 0.3) is 0 Å². The van der Waals surface area contributed by atoms with Crippen molar-refractivity contribution in [3.05, 3.63) is 22.3 Å². The van der Waals surface area contributed by atoms with E-state index in [0.717, 1.165) is 54.7 Å². The van der Waals surface area contributed by atoms with E-state index < -0.39 is 5.97 Å². The number of rotatable bonds is 8. The standard InChI is InChI=1S/C19H24N4O4S2/c1-11-8-14(18(25)26-2)17(29-11)20-15(24)10-28-19-22-21-16(12-5-6-12)23(19)9-13-4-3-7-27-13/h8,12-13H,3-7,9-10H2,1-2H3,(H,20,24). The third kappa shape index (κ3) is 4.81. The molecule has 1 unspecified atom stereocenters. The Hall–Kier alpha value is -1.91. The van der Waals surface area contributed by atoms with Gasteiger partial charge in [-0.3, -0.25) is 4.79 Å². The van der Waals surface area contributed by atoms with Gasteiger partial charge < -0.3 is 19.4 Å². The molecule has 4 rings (SSSR count). The average molecular weight is 437 g/mol. The summed E-state index contributed by atoms with van der Waals surface area (Å²) in [6.07, 6.45) is 4.60. The monoisotopic (exact) mass is 436 g/mol. The Labute approximate surface area is 177 Å². The van der Waals surface area contributed by atoms with Crippen molar-refractivity contribution in [3.63, 3.8) is 0 Å². The van der Waals surface area contributed by atoms with Crippen molar-refractivity contribution in [1.82, 2.24) is 14.8 Å². The molecule has 3 heterocycles. The highest BCUT2D eigenvalue weighted by molar-refractivity contribution is 7.99. The van der Waals surface area contributed by atoms with Crippen LogP contribution in [0.5, 0.6) is 0 Å². The van der Waals surface area contributed by atoms with Crippen molar-refractivity contribution in [3.8, 4) is 0 Å². The fourth-order valence-corrected chi connectivity index (χ4v) is 5.05. The van der Waals surface area contributed by atoms with E-state index in [0.29, 0.717) is 16.5 Å². The van der Waals surface area contributed by atoms with Crippen LogP contribution in [-0.4, -0.2) is 52.2 Å². The normalized spacial score (nSPS) is 18.8. The molecule has 2 aromatic heterocycles. The maximum atomic E-state index is 12.5. The topological polar surface area (TPSA) is 95.3 Å². The summed E-state index contributed by atoms with van der Waals surface area (Å²) >= 11 is 2.72. The van der Waals surface area contributed by atoms with Crippen LogP contribution in [0, 0.1) is 6.92 Å². The number of ether oxygens (including phenoxy) is 2. The predicted molar refractivity (Wildman–Crippen MR) is 111 cm³/mol. The number of nitrogens with one attached hydrogen (secondary N) is 1. The summed E-state index contributed by atoms with van der Waals surface area (Å²) in [4.78, 5) is 25.3. The molecule has 0 spiro atoms. The minimum Gasteiger partial charge on any atom is -0.465 e. The second-order valence-electron chi connectivity index (χ2n) is 7.29. The number of aryl methyl sites for hydroxylation is 1. The zero-order chi connectivity index (χ0) is 20.4. The maximum Gasteiger partial charge on any atom is 0.340 e. The van der Waals surface area contributed by atoms with Gasteiger partial charge in [0.1, 0.15) is 10.8 Å². The van der Waals surface area contributed by atoms with E-state index in [1.165, 1.54) is 30.2 Å². The van der Waals surface area contributed by atoms with E-state index >= 15 is 0 Å². The zero-order valence-electron chi connectivity index (χ0n) is 16.5. The smallest absolute Gasteiger partial charge is 0.340 e. The predicted octanol–water partition coefficient (Wildman–Crippen LogP) is 3.22. The Morgan fingerprint density at radius 1 is 1.38 bits per heavy atom. The Morgan fingerprint density at radius 2 is 2.21 bits per heavy atom. The highest BCUT2D eigenvalue weighted by Gasteiger charge is 2.32. The Bertz CT molecular complexity index is 900.